The van der Waals surface area contributed by atoms with Crippen LogP contribution in [0.15, 0.2) is 24.3 Å². The average Bonchev–Trinajstić information content (AvgIpc) is 3.24. The zero-order valence-corrected chi connectivity index (χ0v) is 12.9. The lowest BCUT2D eigenvalue weighted by molar-refractivity contribution is -0.141. The van der Waals surface area contributed by atoms with Crippen molar-refractivity contribution in [2.75, 3.05) is 26.3 Å². The van der Waals surface area contributed by atoms with E-state index < -0.39 is 11.9 Å². The maximum atomic E-state index is 12.4. The molecule has 3 rings (SSSR count). The Bertz CT molecular complexity index is 565. The normalized spacial score (nSPS) is 23.9. The molecule has 2 heterocycles. The fraction of sp³-hybridized carbons (Fsp3) is 0.529. The molecule has 1 aromatic carbocycles. The number of hydrogen-bond acceptors (Lipinski definition) is 4. The van der Waals surface area contributed by atoms with Gasteiger partial charge < -0.3 is 19.5 Å². The van der Waals surface area contributed by atoms with E-state index in [1.807, 2.05) is 0 Å². The van der Waals surface area contributed by atoms with Gasteiger partial charge in [0.2, 0.25) is 0 Å². The Morgan fingerprint density at radius 2 is 2.04 bits per heavy atom. The quantitative estimate of drug-likeness (QED) is 0.895. The van der Waals surface area contributed by atoms with Gasteiger partial charge in [-0.05, 0) is 43.5 Å². The predicted molar refractivity (Wildman–Crippen MR) is 82.6 cm³/mol. The molecule has 1 N–H and O–H groups in total. The van der Waals surface area contributed by atoms with Crippen LogP contribution in [0.5, 0.6) is 5.75 Å². The highest BCUT2D eigenvalue weighted by molar-refractivity contribution is 5.94. The first-order valence-electron chi connectivity index (χ1n) is 8.00. The number of carbonyl (C=O) groups is 2. The Hall–Kier alpha value is -2.08. The average molecular weight is 319 g/mol. The Balaban J connectivity index is 1.54. The molecule has 0 spiro atoms. The highest BCUT2D eigenvalue weighted by Gasteiger charge is 2.31. The summed E-state index contributed by atoms with van der Waals surface area (Å²) in [6.07, 6.45) is 2.78. The lowest BCUT2D eigenvalue weighted by Gasteiger charge is -2.16. The summed E-state index contributed by atoms with van der Waals surface area (Å²) >= 11 is 0. The van der Waals surface area contributed by atoms with Crippen molar-refractivity contribution in [2.45, 2.75) is 25.4 Å². The molecule has 1 aromatic rings. The van der Waals surface area contributed by atoms with Gasteiger partial charge in [-0.15, -0.1) is 0 Å². The van der Waals surface area contributed by atoms with E-state index in [0.29, 0.717) is 30.9 Å². The standard InChI is InChI=1S/C17H21NO5/c19-16(18-8-7-13(10-18)17(20)21)12-3-5-14(6-4-12)23-11-15-2-1-9-22-15/h3-6,13,15H,1-2,7-11H2,(H,20,21)/t13-,15-/m0/s1. The molecule has 0 saturated carbocycles. The third-order valence-corrected chi connectivity index (χ3v) is 4.39. The summed E-state index contributed by atoms with van der Waals surface area (Å²) in [5, 5.41) is 9.00. The number of carboxylic acid groups (broad SMARTS) is 1. The fourth-order valence-corrected chi connectivity index (χ4v) is 2.99. The molecule has 6 heteroatoms. The maximum Gasteiger partial charge on any atom is 0.308 e. The number of hydrogen-bond donors (Lipinski definition) is 1. The molecule has 0 unspecified atom stereocenters. The largest absolute Gasteiger partial charge is 0.491 e. The molecule has 2 fully saturated rings. The Morgan fingerprint density at radius 1 is 1.26 bits per heavy atom. The number of nitrogens with zero attached hydrogens (tertiary/aromatic N) is 1. The minimum absolute atomic E-state index is 0.126. The summed E-state index contributed by atoms with van der Waals surface area (Å²) in [5.74, 6) is -0.701. The number of ether oxygens (including phenoxy) is 2. The molecule has 23 heavy (non-hydrogen) atoms. The first-order valence-corrected chi connectivity index (χ1v) is 8.00. The smallest absolute Gasteiger partial charge is 0.308 e. The van der Waals surface area contributed by atoms with Crippen molar-refractivity contribution in [1.29, 1.82) is 0 Å². The summed E-state index contributed by atoms with van der Waals surface area (Å²) in [4.78, 5) is 24.9. The van der Waals surface area contributed by atoms with Gasteiger partial charge in [-0.2, -0.15) is 0 Å². The van der Waals surface area contributed by atoms with Gasteiger partial charge in [-0.3, -0.25) is 9.59 Å². The van der Waals surface area contributed by atoms with Gasteiger partial charge in [0.15, 0.2) is 0 Å². The van der Waals surface area contributed by atoms with E-state index in [0.717, 1.165) is 19.4 Å². The van der Waals surface area contributed by atoms with E-state index in [-0.39, 0.29) is 18.6 Å². The molecule has 2 saturated heterocycles. The van der Waals surface area contributed by atoms with Gasteiger partial charge in [0.25, 0.3) is 5.91 Å². The Kier molecular flexibility index (Phi) is 4.81. The van der Waals surface area contributed by atoms with E-state index in [9.17, 15) is 9.59 Å². The topological polar surface area (TPSA) is 76.1 Å². The molecule has 0 aromatic heterocycles. The van der Waals surface area contributed by atoms with Crippen LogP contribution >= 0.6 is 0 Å². The second kappa shape index (κ2) is 7.00. The molecule has 2 aliphatic rings. The van der Waals surface area contributed by atoms with Crippen LogP contribution in [0.1, 0.15) is 29.6 Å². The molecular formula is C17H21NO5. The number of carboxylic acids is 1. The molecule has 6 nitrogen and oxygen atoms in total. The highest BCUT2D eigenvalue weighted by Crippen LogP contribution is 2.21. The van der Waals surface area contributed by atoms with Crippen LogP contribution in [0.2, 0.25) is 0 Å². The van der Waals surface area contributed by atoms with Gasteiger partial charge in [-0.1, -0.05) is 0 Å². The number of amides is 1. The Morgan fingerprint density at radius 3 is 2.65 bits per heavy atom. The third-order valence-electron chi connectivity index (χ3n) is 4.39. The summed E-state index contributed by atoms with van der Waals surface area (Å²) in [5.41, 5.74) is 0.556. The monoisotopic (exact) mass is 319 g/mol. The molecule has 0 radical (unpaired) electrons. The molecule has 0 aliphatic carbocycles. The van der Waals surface area contributed by atoms with E-state index in [1.54, 1.807) is 29.2 Å². The van der Waals surface area contributed by atoms with Gasteiger partial charge in [0.05, 0.1) is 12.0 Å². The summed E-state index contributed by atoms with van der Waals surface area (Å²) in [6, 6.07) is 6.99. The molecule has 2 atom stereocenters. The number of rotatable bonds is 5. The van der Waals surface area contributed by atoms with Crippen molar-refractivity contribution in [2.24, 2.45) is 5.92 Å². The van der Waals surface area contributed by atoms with Crippen molar-refractivity contribution >= 4 is 11.9 Å². The zero-order chi connectivity index (χ0) is 16.2. The van der Waals surface area contributed by atoms with Crippen LogP contribution in [0.3, 0.4) is 0 Å². The number of carbonyl (C=O) groups excluding carboxylic acids is 1. The van der Waals surface area contributed by atoms with Crippen LogP contribution in [-0.2, 0) is 9.53 Å². The van der Waals surface area contributed by atoms with Crippen LogP contribution in [0.25, 0.3) is 0 Å². The van der Waals surface area contributed by atoms with Crippen molar-refractivity contribution in [3.05, 3.63) is 29.8 Å². The minimum atomic E-state index is -0.835. The highest BCUT2D eigenvalue weighted by atomic mass is 16.5. The fourth-order valence-electron chi connectivity index (χ4n) is 2.99. The summed E-state index contributed by atoms with van der Waals surface area (Å²) in [6.45, 7) is 2.10. The Labute approximate surface area is 135 Å². The molecule has 1 amide bonds. The zero-order valence-electron chi connectivity index (χ0n) is 12.9. The maximum absolute atomic E-state index is 12.4. The summed E-state index contributed by atoms with van der Waals surface area (Å²) < 4.78 is 11.2. The second-order valence-corrected chi connectivity index (χ2v) is 6.05. The molecule has 2 aliphatic heterocycles. The molecule has 0 bridgehead atoms. The van der Waals surface area contributed by atoms with Crippen molar-refractivity contribution in [3.8, 4) is 5.75 Å². The number of aliphatic carboxylic acids is 1. The van der Waals surface area contributed by atoms with Gasteiger partial charge in [0, 0.05) is 25.3 Å². The first kappa shape index (κ1) is 15.8. The van der Waals surface area contributed by atoms with Gasteiger partial charge >= 0.3 is 5.97 Å². The number of likely N-dealkylation sites (tertiary alicyclic amines) is 1. The number of benzene rings is 1. The second-order valence-electron chi connectivity index (χ2n) is 6.05. The lowest BCUT2D eigenvalue weighted by Crippen LogP contribution is -2.29. The van der Waals surface area contributed by atoms with Crippen LogP contribution in [0.4, 0.5) is 0 Å². The van der Waals surface area contributed by atoms with Crippen molar-refractivity contribution in [1.82, 2.24) is 4.90 Å². The van der Waals surface area contributed by atoms with E-state index in [1.165, 1.54) is 0 Å². The van der Waals surface area contributed by atoms with Crippen LogP contribution in [0, 0.1) is 5.92 Å². The summed E-state index contributed by atoms with van der Waals surface area (Å²) in [7, 11) is 0. The lowest BCUT2D eigenvalue weighted by atomic mass is 10.1. The van der Waals surface area contributed by atoms with E-state index in [4.69, 9.17) is 14.6 Å². The van der Waals surface area contributed by atoms with Crippen molar-refractivity contribution < 1.29 is 24.2 Å². The SMILES string of the molecule is O=C(O)[C@H]1CCN(C(=O)c2ccc(OC[C@@H]3CCCO3)cc2)C1. The first-order chi connectivity index (χ1) is 11.1. The molecular weight excluding hydrogens is 298 g/mol. The van der Waals surface area contributed by atoms with Crippen LogP contribution < -0.4 is 4.74 Å². The minimum Gasteiger partial charge on any atom is -0.491 e. The molecule has 124 valence electrons. The van der Waals surface area contributed by atoms with E-state index >= 15 is 0 Å². The van der Waals surface area contributed by atoms with Gasteiger partial charge in [-0.25, -0.2) is 0 Å². The third kappa shape index (κ3) is 3.82. The van der Waals surface area contributed by atoms with E-state index in [2.05, 4.69) is 0 Å². The van der Waals surface area contributed by atoms with Crippen LogP contribution in [-0.4, -0.2) is 54.3 Å². The van der Waals surface area contributed by atoms with Gasteiger partial charge in [0.1, 0.15) is 12.4 Å². The van der Waals surface area contributed by atoms with Crippen molar-refractivity contribution in [3.63, 3.8) is 0 Å². The predicted octanol–water partition coefficient (Wildman–Crippen LogP) is 1.79.